The summed E-state index contributed by atoms with van der Waals surface area (Å²) in [7, 11) is 0. The van der Waals surface area contributed by atoms with Crippen molar-refractivity contribution in [1.82, 2.24) is 4.98 Å². The van der Waals surface area contributed by atoms with E-state index in [0.29, 0.717) is 19.0 Å². The molecule has 162 valence electrons. The highest BCUT2D eigenvalue weighted by Crippen LogP contribution is 2.32. The van der Waals surface area contributed by atoms with Gasteiger partial charge in [0.15, 0.2) is 11.5 Å². The van der Waals surface area contributed by atoms with Crippen LogP contribution in [0.5, 0.6) is 11.5 Å². The van der Waals surface area contributed by atoms with Crippen LogP contribution in [0.1, 0.15) is 17.5 Å². The average molecular weight is 446 g/mol. The van der Waals surface area contributed by atoms with Gasteiger partial charge in [0, 0.05) is 23.9 Å². The fraction of sp³-hybridized carbons (Fsp3) is 0.200. The Kier molecular flexibility index (Phi) is 5.64. The van der Waals surface area contributed by atoms with Crippen molar-refractivity contribution in [1.29, 1.82) is 0 Å². The van der Waals surface area contributed by atoms with Crippen molar-refractivity contribution in [3.05, 3.63) is 77.3 Å². The number of anilines is 2. The number of fused-ring (bicyclic) bond motifs is 2. The summed E-state index contributed by atoms with van der Waals surface area (Å²) in [4.78, 5) is 17.3. The van der Waals surface area contributed by atoms with Crippen molar-refractivity contribution >= 4 is 38.8 Å². The van der Waals surface area contributed by atoms with Crippen molar-refractivity contribution in [2.24, 2.45) is 0 Å². The maximum Gasteiger partial charge on any atom is 0.246 e. The van der Waals surface area contributed by atoms with E-state index in [-0.39, 0.29) is 5.91 Å². The van der Waals surface area contributed by atoms with Gasteiger partial charge in [-0.25, -0.2) is 4.98 Å². The minimum absolute atomic E-state index is 0.112. The van der Waals surface area contributed by atoms with Gasteiger partial charge in [-0.2, -0.15) is 0 Å². The van der Waals surface area contributed by atoms with Crippen molar-refractivity contribution in [3.8, 4) is 11.5 Å². The Morgan fingerprint density at radius 2 is 1.75 bits per heavy atom. The summed E-state index contributed by atoms with van der Waals surface area (Å²) >= 11 is 1.71. The number of nitrogens with zero attached hydrogens (tertiary/aromatic N) is 1. The molecule has 1 amide bonds. The Labute approximate surface area is 190 Å². The topological polar surface area (TPSA) is 72.5 Å². The van der Waals surface area contributed by atoms with Crippen LogP contribution in [0.2, 0.25) is 0 Å². The third-order valence-corrected chi connectivity index (χ3v) is 6.27. The molecular formula is C25H23N3O3S. The first-order chi connectivity index (χ1) is 15.6. The monoisotopic (exact) mass is 445 g/mol. The molecule has 1 aromatic heterocycles. The highest BCUT2D eigenvalue weighted by Gasteiger charge is 2.16. The minimum Gasteiger partial charge on any atom is -0.486 e. The zero-order valence-electron chi connectivity index (χ0n) is 17.6. The molecule has 3 aromatic carbocycles. The molecule has 32 heavy (non-hydrogen) atoms. The van der Waals surface area contributed by atoms with E-state index >= 15 is 0 Å². The largest absolute Gasteiger partial charge is 0.486 e. The van der Waals surface area contributed by atoms with Crippen LogP contribution >= 0.6 is 11.3 Å². The van der Waals surface area contributed by atoms with E-state index in [9.17, 15) is 4.79 Å². The number of thiazole rings is 1. The van der Waals surface area contributed by atoms with Crippen molar-refractivity contribution in [2.75, 3.05) is 23.8 Å². The lowest BCUT2D eigenvalue weighted by atomic mass is 10.1. The summed E-state index contributed by atoms with van der Waals surface area (Å²) in [5.41, 5.74) is 3.77. The molecule has 0 unspecified atom stereocenters. The number of para-hydroxylation sites is 1. The van der Waals surface area contributed by atoms with Crippen LogP contribution in [-0.4, -0.2) is 30.1 Å². The number of aromatic nitrogens is 1. The minimum atomic E-state index is -0.417. The first-order valence-electron chi connectivity index (χ1n) is 10.5. The Hall–Kier alpha value is -3.58. The van der Waals surface area contributed by atoms with Gasteiger partial charge in [0.2, 0.25) is 5.91 Å². The van der Waals surface area contributed by atoms with Gasteiger partial charge in [0.05, 0.1) is 15.2 Å². The molecule has 0 fully saturated rings. The Balaban J connectivity index is 1.18. The number of amides is 1. The fourth-order valence-electron chi connectivity index (χ4n) is 3.58. The molecule has 1 aliphatic rings. The number of benzene rings is 3. The second-order valence-electron chi connectivity index (χ2n) is 7.66. The molecule has 0 aliphatic carbocycles. The van der Waals surface area contributed by atoms with E-state index in [1.165, 1.54) is 4.70 Å². The molecule has 0 radical (unpaired) electrons. The molecule has 0 spiro atoms. The zero-order valence-corrected chi connectivity index (χ0v) is 18.4. The molecule has 2 heterocycles. The van der Waals surface area contributed by atoms with E-state index in [1.807, 2.05) is 67.6 Å². The molecule has 5 rings (SSSR count). The molecule has 1 aliphatic heterocycles. The predicted molar refractivity (Wildman–Crippen MR) is 128 cm³/mol. The maximum atomic E-state index is 12.6. The highest BCUT2D eigenvalue weighted by molar-refractivity contribution is 7.18. The normalized spacial score (nSPS) is 13.5. The second-order valence-corrected chi connectivity index (χ2v) is 8.78. The van der Waals surface area contributed by atoms with Crippen LogP contribution in [-0.2, 0) is 11.2 Å². The van der Waals surface area contributed by atoms with Crippen LogP contribution in [0.15, 0.2) is 66.7 Å². The third kappa shape index (κ3) is 4.53. The average Bonchev–Trinajstić information content (AvgIpc) is 3.22. The van der Waals surface area contributed by atoms with Crippen LogP contribution in [0.3, 0.4) is 0 Å². The quantitative estimate of drug-likeness (QED) is 0.432. The molecule has 0 saturated carbocycles. The van der Waals surface area contributed by atoms with Gasteiger partial charge in [-0.15, -0.1) is 11.3 Å². The number of nitrogens with one attached hydrogen (secondary N) is 2. The molecular weight excluding hydrogens is 422 g/mol. The predicted octanol–water partition coefficient (Wildman–Crippen LogP) is 5.10. The SMILES string of the molecule is C[C@H](Nc1ccc2c(c1)OCCO2)C(=O)Nc1ccc(Cc2nc3ccccc3s2)cc1. The van der Waals surface area contributed by atoms with Gasteiger partial charge >= 0.3 is 0 Å². The molecule has 7 heteroatoms. The van der Waals surface area contributed by atoms with E-state index in [4.69, 9.17) is 14.5 Å². The highest BCUT2D eigenvalue weighted by atomic mass is 32.1. The van der Waals surface area contributed by atoms with Crippen molar-refractivity contribution in [3.63, 3.8) is 0 Å². The lowest BCUT2D eigenvalue weighted by Gasteiger charge is -2.20. The van der Waals surface area contributed by atoms with Gasteiger partial charge < -0.3 is 20.1 Å². The molecule has 1 atom stereocenters. The van der Waals surface area contributed by atoms with Crippen LogP contribution in [0, 0.1) is 0 Å². The standard InChI is InChI=1S/C25H23N3O3S/c1-16(26-19-10-11-21-22(15-19)31-13-12-30-21)25(29)27-18-8-6-17(7-9-18)14-24-28-20-4-2-3-5-23(20)32-24/h2-11,15-16,26H,12-14H2,1H3,(H,27,29)/t16-/m0/s1. The van der Waals surface area contributed by atoms with E-state index in [2.05, 4.69) is 16.7 Å². The van der Waals surface area contributed by atoms with Gasteiger partial charge in [0.25, 0.3) is 0 Å². The second kappa shape index (κ2) is 8.88. The number of carbonyl (C=O) groups is 1. The van der Waals surface area contributed by atoms with Gasteiger partial charge in [-0.05, 0) is 48.9 Å². The third-order valence-electron chi connectivity index (χ3n) is 5.23. The number of hydrogen-bond acceptors (Lipinski definition) is 6. The first kappa shape index (κ1) is 20.3. The molecule has 6 nitrogen and oxygen atoms in total. The lowest BCUT2D eigenvalue weighted by molar-refractivity contribution is -0.116. The zero-order chi connectivity index (χ0) is 21.9. The van der Waals surface area contributed by atoms with E-state index in [0.717, 1.165) is 39.6 Å². The Morgan fingerprint density at radius 1 is 1.00 bits per heavy atom. The Morgan fingerprint density at radius 3 is 2.56 bits per heavy atom. The summed E-state index contributed by atoms with van der Waals surface area (Å²) in [6.45, 7) is 2.91. The molecule has 2 N–H and O–H groups in total. The number of carbonyl (C=O) groups excluding carboxylic acids is 1. The summed E-state index contributed by atoms with van der Waals surface area (Å²) in [6.07, 6.45) is 0.773. The van der Waals surface area contributed by atoms with E-state index < -0.39 is 6.04 Å². The van der Waals surface area contributed by atoms with E-state index in [1.54, 1.807) is 11.3 Å². The molecule has 4 aromatic rings. The number of ether oxygens (including phenoxy) is 2. The summed E-state index contributed by atoms with van der Waals surface area (Å²) < 4.78 is 12.3. The molecule has 0 saturated heterocycles. The molecule has 0 bridgehead atoms. The Bertz CT molecular complexity index is 1220. The number of hydrogen-bond donors (Lipinski definition) is 2. The van der Waals surface area contributed by atoms with Crippen LogP contribution < -0.4 is 20.1 Å². The van der Waals surface area contributed by atoms with Crippen molar-refractivity contribution < 1.29 is 14.3 Å². The number of rotatable bonds is 6. The van der Waals surface area contributed by atoms with Gasteiger partial charge in [0.1, 0.15) is 19.3 Å². The van der Waals surface area contributed by atoms with Crippen LogP contribution in [0.25, 0.3) is 10.2 Å². The fourth-order valence-corrected chi connectivity index (χ4v) is 4.58. The summed E-state index contributed by atoms with van der Waals surface area (Å²) in [6, 6.07) is 21.3. The van der Waals surface area contributed by atoms with Gasteiger partial charge in [-0.1, -0.05) is 24.3 Å². The smallest absolute Gasteiger partial charge is 0.246 e. The lowest BCUT2D eigenvalue weighted by Crippen LogP contribution is -2.31. The summed E-state index contributed by atoms with van der Waals surface area (Å²) in [5, 5.41) is 7.26. The van der Waals surface area contributed by atoms with Gasteiger partial charge in [-0.3, -0.25) is 4.79 Å². The summed E-state index contributed by atoms with van der Waals surface area (Å²) in [5.74, 6) is 1.31. The maximum absolute atomic E-state index is 12.6. The first-order valence-corrected chi connectivity index (χ1v) is 11.4. The van der Waals surface area contributed by atoms with Crippen LogP contribution in [0.4, 0.5) is 11.4 Å². The van der Waals surface area contributed by atoms with Crippen molar-refractivity contribution in [2.45, 2.75) is 19.4 Å².